The zero-order valence-electron chi connectivity index (χ0n) is 19.6. The number of nitro groups is 1. The molecule has 0 aliphatic heterocycles. The monoisotopic (exact) mass is 592 g/mol. The molecule has 0 atom stereocenters. The van der Waals surface area contributed by atoms with Gasteiger partial charge in [-0.15, -0.1) is 11.8 Å². The molecule has 3 aromatic carbocycles. The van der Waals surface area contributed by atoms with Gasteiger partial charge < -0.3 is 10.2 Å². The van der Waals surface area contributed by atoms with Crippen LogP contribution >= 0.6 is 39.3 Å². The number of nitrogens with two attached hydrogens (primary N) is 1. The van der Waals surface area contributed by atoms with Crippen LogP contribution in [0.25, 0.3) is 0 Å². The van der Waals surface area contributed by atoms with Crippen molar-refractivity contribution in [1.29, 1.82) is 0 Å². The molecule has 0 bridgehead atoms. The minimum Gasteiger partial charge on any atom is -0.407 e. The Kier molecular flexibility index (Phi) is 8.82. The van der Waals surface area contributed by atoms with Crippen LogP contribution in [0.15, 0.2) is 76.1 Å². The molecule has 6 nitrogen and oxygen atoms in total. The molecule has 0 heterocycles. The van der Waals surface area contributed by atoms with Gasteiger partial charge in [0, 0.05) is 12.4 Å². The van der Waals surface area contributed by atoms with Crippen LogP contribution in [0.1, 0.15) is 31.1 Å². The second kappa shape index (κ2) is 11.3. The molecular weight excluding hydrogens is 568 g/mol. The fourth-order valence-corrected chi connectivity index (χ4v) is 10.7. The normalized spacial score (nSPS) is 11.9. The van der Waals surface area contributed by atoms with Gasteiger partial charge in [-0.25, -0.2) is 0 Å². The van der Waals surface area contributed by atoms with Crippen LogP contribution in [-0.4, -0.2) is 31.5 Å². The lowest BCUT2D eigenvalue weighted by atomic mass is 10.1. The minimum absolute atomic E-state index is 0.180. The van der Waals surface area contributed by atoms with Crippen molar-refractivity contribution in [3.8, 4) is 0 Å². The summed E-state index contributed by atoms with van der Waals surface area (Å²) in [6, 6.07) is 21.7. The largest absolute Gasteiger partial charge is 0.407 e. The van der Waals surface area contributed by atoms with E-state index in [-0.39, 0.29) is 26.2 Å². The number of halogens is 2. The van der Waals surface area contributed by atoms with Gasteiger partial charge in [-0.3, -0.25) is 14.9 Å². The van der Waals surface area contributed by atoms with Gasteiger partial charge in [-0.2, -0.15) is 0 Å². The van der Waals surface area contributed by atoms with Crippen molar-refractivity contribution in [3.63, 3.8) is 0 Å². The number of rotatable bonds is 9. The Morgan fingerprint density at radius 3 is 2.06 bits per heavy atom. The molecule has 0 radical (unpaired) electrons. The number of thioether (sulfide) groups is 1. The molecule has 184 valence electrons. The molecule has 0 aliphatic rings. The molecule has 0 saturated heterocycles. The van der Waals surface area contributed by atoms with Crippen molar-refractivity contribution in [2.45, 2.75) is 30.7 Å². The van der Waals surface area contributed by atoms with E-state index in [1.165, 1.54) is 17.8 Å². The summed E-state index contributed by atoms with van der Waals surface area (Å²) < 4.78 is 7.20. The Labute approximate surface area is 223 Å². The second-order valence-electron chi connectivity index (χ2n) is 8.88. The highest BCUT2D eigenvalue weighted by Gasteiger charge is 2.50. The standard InChI is InChI=1S/C25H26BrClN2O4SSi/c1-25(2,3)35(17-10-6-4-7-11-17,18-12-8-5-9-13-18)33-14-15-34-23-21(26)20(27)16-19(24(28)30)22(23)29(31)32/h4-13,16H,14-15H2,1-3H3,(H2,28,30). The number of amides is 1. The highest BCUT2D eigenvalue weighted by Crippen LogP contribution is 2.43. The second-order valence-corrected chi connectivity index (χ2v) is 15.5. The summed E-state index contributed by atoms with van der Waals surface area (Å²) in [4.78, 5) is 23.3. The molecule has 0 saturated carbocycles. The average molecular weight is 594 g/mol. The Morgan fingerprint density at radius 1 is 1.11 bits per heavy atom. The predicted molar refractivity (Wildman–Crippen MR) is 149 cm³/mol. The Bertz CT molecular complexity index is 1180. The fourth-order valence-electron chi connectivity index (χ4n) is 4.19. The maximum absolute atomic E-state index is 11.8. The summed E-state index contributed by atoms with van der Waals surface area (Å²) in [7, 11) is -2.74. The highest BCUT2D eigenvalue weighted by molar-refractivity contribution is 9.10. The molecule has 0 fully saturated rings. The van der Waals surface area contributed by atoms with Crippen molar-refractivity contribution < 1.29 is 14.1 Å². The Balaban J connectivity index is 1.97. The zero-order valence-corrected chi connectivity index (χ0v) is 23.7. The van der Waals surface area contributed by atoms with Gasteiger partial charge in [-0.05, 0) is 37.4 Å². The first-order chi connectivity index (χ1) is 16.5. The first kappa shape index (κ1) is 27.4. The maximum atomic E-state index is 11.8. The molecule has 3 aromatic rings. The number of carbonyl (C=O) groups is 1. The fraction of sp³-hybridized carbons (Fsp3) is 0.240. The van der Waals surface area contributed by atoms with E-state index < -0.39 is 19.1 Å². The Hall–Kier alpha value is -2.17. The summed E-state index contributed by atoms with van der Waals surface area (Å²) in [5.74, 6) is -0.501. The molecular formula is C25H26BrClN2O4SSi. The van der Waals surface area contributed by atoms with Crippen molar-refractivity contribution in [3.05, 3.63) is 91.9 Å². The summed E-state index contributed by atoms with van der Waals surface area (Å²) in [6.45, 7) is 6.89. The molecule has 3 rings (SSSR count). The van der Waals surface area contributed by atoms with E-state index in [1.807, 2.05) is 36.4 Å². The SMILES string of the molecule is CC(C)(C)[Si](OCCSc1c(Br)c(Cl)cc(C(N)=O)c1[N+](=O)[O-])(c1ccccc1)c1ccccc1. The summed E-state index contributed by atoms with van der Waals surface area (Å²) in [5, 5.41) is 14.1. The van der Waals surface area contributed by atoms with E-state index >= 15 is 0 Å². The van der Waals surface area contributed by atoms with Crippen LogP contribution in [0.4, 0.5) is 5.69 Å². The third kappa shape index (κ3) is 5.64. The Morgan fingerprint density at radius 2 is 1.63 bits per heavy atom. The van der Waals surface area contributed by atoms with E-state index in [2.05, 4.69) is 61.0 Å². The van der Waals surface area contributed by atoms with Crippen LogP contribution in [0, 0.1) is 10.1 Å². The van der Waals surface area contributed by atoms with Crippen LogP contribution in [0.3, 0.4) is 0 Å². The smallest absolute Gasteiger partial charge is 0.296 e. The lowest BCUT2D eigenvalue weighted by Crippen LogP contribution is -2.66. The van der Waals surface area contributed by atoms with Crippen LogP contribution in [-0.2, 0) is 4.43 Å². The third-order valence-electron chi connectivity index (χ3n) is 5.66. The maximum Gasteiger partial charge on any atom is 0.296 e. The quantitative estimate of drug-likeness (QED) is 0.112. The van der Waals surface area contributed by atoms with Crippen LogP contribution in [0.5, 0.6) is 0 Å². The van der Waals surface area contributed by atoms with E-state index in [9.17, 15) is 14.9 Å². The number of nitrogens with zero attached hydrogens (tertiary/aromatic N) is 1. The number of hydrogen-bond donors (Lipinski definition) is 1. The molecule has 0 aromatic heterocycles. The van der Waals surface area contributed by atoms with Gasteiger partial charge >= 0.3 is 0 Å². The summed E-state index contributed by atoms with van der Waals surface area (Å²) in [6.07, 6.45) is 0. The van der Waals surface area contributed by atoms with Gasteiger partial charge in [0.25, 0.3) is 19.9 Å². The molecule has 0 aliphatic carbocycles. The van der Waals surface area contributed by atoms with E-state index in [0.717, 1.165) is 10.4 Å². The highest BCUT2D eigenvalue weighted by atomic mass is 79.9. The number of benzene rings is 3. The molecule has 0 spiro atoms. The number of nitro benzene ring substituents is 1. The number of hydrogen-bond acceptors (Lipinski definition) is 5. The lowest BCUT2D eigenvalue weighted by Gasteiger charge is -2.43. The molecule has 1 amide bonds. The van der Waals surface area contributed by atoms with E-state index in [0.29, 0.717) is 16.8 Å². The van der Waals surface area contributed by atoms with Crippen molar-refractivity contribution >= 4 is 69.6 Å². The topological polar surface area (TPSA) is 95.5 Å². The number of primary amides is 1. The number of carbonyl (C=O) groups excluding carboxylic acids is 1. The van der Waals surface area contributed by atoms with E-state index in [4.69, 9.17) is 21.8 Å². The zero-order chi connectivity index (χ0) is 25.8. The van der Waals surface area contributed by atoms with Crippen molar-refractivity contribution in [2.75, 3.05) is 12.4 Å². The van der Waals surface area contributed by atoms with Gasteiger partial charge in [0.1, 0.15) is 10.5 Å². The summed E-state index contributed by atoms with van der Waals surface area (Å²) in [5.41, 5.74) is 4.80. The molecule has 2 N–H and O–H groups in total. The van der Waals surface area contributed by atoms with Crippen molar-refractivity contribution in [1.82, 2.24) is 0 Å². The lowest BCUT2D eigenvalue weighted by molar-refractivity contribution is -0.388. The van der Waals surface area contributed by atoms with E-state index in [1.54, 1.807) is 0 Å². The first-order valence-corrected chi connectivity index (χ1v) is 14.9. The minimum atomic E-state index is -2.74. The first-order valence-electron chi connectivity index (χ1n) is 10.8. The predicted octanol–water partition coefficient (Wildman–Crippen LogP) is 5.78. The molecule has 10 heteroatoms. The van der Waals surface area contributed by atoms with Crippen LogP contribution in [0.2, 0.25) is 10.1 Å². The molecule has 35 heavy (non-hydrogen) atoms. The van der Waals surface area contributed by atoms with Gasteiger partial charge in [0.15, 0.2) is 0 Å². The molecule has 0 unspecified atom stereocenters. The van der Waals surface area contributed by atoms with Crippen molar-refractivity contribution in [2.24, 2.45) is 5.73 Å². The third-order valence-corrected chi connectivity index (χ3v) is 13.4. The van der Waals surface area contributed by atoms with Gasteiger partial charge in [-0.1, -0.05) is 93.0 Å². The van der Waals surface area contributed by atoms with Gasteiger partial charge in [0.05, 0.1) is 14.4 Å². The van der Waals surface area contributed by atoms with Crippen LogP contribution < -0.4 is 16.1 Å². The average Bonchev–Trinajstić information content (AvgIpc) is 2.81. The van der Waals surface area contributed by atoms with Gasteiger partial charge in [0.2, 0.25) is 0 Å². The summed E-state index contributed by atoms with van der Waals surface area (Å²) >= 11 is 10.8.